The van der Waals surface area contributed by atoms with Gasteiger partial charge in [0.05, 0.1) is 19.8 Å². The highest BCUT2D eigenvalue weighted by Crippen LogP contribution is 2.15. The van der Waals surface area contributed by atoms with Gasteiger partial charge in [-0.3, -0.25) is 9.59 Å². The number of benzene rings is 1. The monoisotopic (exact) mass is 367 g/mol. The van der Waals surface area contributed by atoms with Crippen molar-refractivity contribution in [3.8, 4) is 17.2 Å². The number of rotatable bonds is 8. The second-order valence-corrected chi connectivity index (χ2v) is 5.99. The molecule has 7 heteroatoms. The Morgan fingerprint density at radius 1 is 1.19 bits per heavy atom. The molecule has 0 aliphatic rings. The Kier molecular flexibility index (Phi) is 6.04. The second kappa shape index (κ2) is 8.84. The van der Waals surface area contributed by atoms with Gasteiger partial charge in [0.2, 0.25) is 5.91 Å². The fraction of sp³-hybridized carbons (Fsp3) is 0.250. The molecule has 0 fully saturated rings. The summed E-state index contributed by atoms with van der Waals surface area (Å²) in [6.45, 7) is 0.879. The molecule has 0 atom stereocenters. The number of aromatic nitrogens is 2. The number of amides is 1. The molecule has 0 radical (unpaired) electrons. The molecule has 0 bridgehead atoms. The van der Waals surface area contributed by atoms with Crippen molar-refractivity contribution in [3.05, 3.63) is 70.7 Å². The predicted octanol–water partition coefficient (Wildman–Crippen LogP) is 2.26. The third-order valence-electron chi connectivity index (χ3n) is 4.03. The molecule has 1 amide bonds. The molecule has 1 N–H and O–H groups in total. The topological polar surface area (TPSA) is 86.4 Å². The molecule has 140 valence electrons. The number of hydrogen-bond donors (Lipinski definition) is 1. The maximum absolute atomic E-state index is 12.0. The van der Waals surface area contributed by atoms with E-state index in [4.69, 9.17) is 9.15 Å². The van der Waals surface area contributed by atoms with E-state index in [0.29, 0.717) is 37.4 Å². The molecule has 1 aromatic carbocycles. The van der Waals surface area contributed by atoms with Crippen molar-refractivity contribution in [1.29, 1.82) is 0 Å². The highest BCUT2D eigenvalue weighted by atomic mass is 16.5. The molecule has 0 aliphatic carbocycles. The zero-order valence-corrected chi connectivity index (χ0v) is 15.1. The van der Waals surface area contributed by atoms with Gasteiger partial charge in [0.15, 0.2) is 5.76 Å². The number of carbonyl (C=O) groups is 1. The predicted molar refractivity (Wildman–Crippen MR) is 101 cm³/mol. The van der Waals surface area contributed by atoms with E-state index >= 15 is 0 Å². The zero-order chi connectivity index (χ0) is 19.1. The number of methoxy groups -OCH3 is 1. The molecule has 0 unspecified atom stereocenters. The van der Waals surface area contributed by atoms with Crippen molar-refractivity contribution in [2.75, 3.05) is 13.7 Å². The first kappa shape index (κ1) is 18.4. The van der Waals surface area contributed by atoms with E-state index < -0.39 is 0 Å². The Balaban J connectivity index is 1.47. The van der Waals surface area contributed by atoms with Crippen LogP contribution in [-0.4, -0.2) is 29.3 Å². The van der Waals surface area contributed by atoms with Crippen molar-refractivity contribution in [2.45, 2.75) is 19.4 Å². The lowest BCUT2D eigenvalue weighted by molar-refractivity contribution is -0.120. The van der Waals surface area contributed by atoms with Gasteiger partial charge in [-0.05, 0) is 42.3 Å². The molecule has 0 saturated heterocycles. The molecule has 0 spiro atoms. The first-order chi connectivity index (χ1) is 13.2. The van der Waals surface area contributed by atoms with E-state index in [1.165, 1.54) is 10.7 Å². The van der Waals surface area contributed by atoms with E-state index in [-0.39, 0.29) is 11.5 Å². The van der Waals surface area contributed by atoms with Crippen LogP contribution in [0.5, 0.6) is 5.75 Å². The summed E-state index contributed by atoms with van der Waals surface area (Å²) < 4.78 is 11.8. The Bertz CT molecular complexity index is 931. The van der Waals surface area contributed by atoms with E-state index in [9.17, 15) is 9.59 Å². The number of nitrogens with zero attached hydrogens (tertiary/aromatic N) is 2. The number of furan rings is 1. The van der Waals surface area contributed by atoms with Crippen molar-refractivity contribution >= 4 is 5.91 Å². The van der Waals surface area contributed by atoms with Crippen LogP contribution >= 0.6 is 0 Å². The van der Waals surface area contributed by atoms with Crippen LogP contribution in [0.1, 0.15) is 12.0 Å². The molecule has 7 nitrogen and oxygen atoms in total. The quantitative estimate of drug-likeness (QED) is 0.617. The highest BCUT2D eigenvalue weighted by molar-refractivity contribution is 5.78. The normalized spacial score (nSPS) is 10.6. The van der Waals surface area contributed by atoms with Crippen LogP contribution in [-0.2, 0) is 17.8 Å². The van der Waals surface area contributed by atoms with Gasteiger partial charge >= 0.3 is 0 Å². The Morgan fingerprint density at radius 3 is 2.70 bits per heavy atom. The molecule has 27 heavy (non-hydrogen) atoms. The molecule has 2 heterocycles. The average Bonchev–Trinajstić information content (AvgIpc) is 3.22. The Morgan fingerprint density at radius 2 is 2.00 bits per heavy atom. The van der Waals surface area contributed by atoms with Crippen molar-refractivity contribution in [1.82, 2.24) is 15.1 Å². The number of ether oxygens (including phenoxy) is 1. The summed E-state index contributed by atoms with van der Waals surface area (Å²) in [5.41, 5.74) is 1.33. The van der Waals surface area contributed by atoms with Crippen LogP contribution in [0.4, 0.5) is 0 Å². The minimum Gasteiger partial charge on any atom is -0.497 e. The van der Waals surface area contributed by atoms with Gasteiger partial charge in [0.25, 0.3) is 5.56 Å². The number of aryl methyl sites for hydroxylation is 1. The third-order valence-corrected chi connectivity index (χ3v) is 4.03. The molecule has 0 saturated carbocycles. The number of carbonyl (C=O) groups excluding carboxylic acids is 1. The van der Waals surface area contributed by atoms with Crippen molar-refractivity contribution < 1.29 is 13.9 Å². The van der Waals surface area contributed by atoms with Crippen LogP contribution in [0.3, 0.4) is 0 Å². The van der Waals surface area contributed by atoms with Gasteiger partial charge in [0.1, 0.15) is 11.4 Å². The summed E-state index contributed by atoms with van der Waals surface area (Å²) in [6, 6.07) is 14.0. The first-order valence-corrected chi connectivity index (χ1v) is 8.67. The number of hydrogen-bond acceptors (Lipinski definition) is 5. The van der Waals surface area contributed by atoms with E-state index in [1.54, 1.807) is 31.6 Å². The highest BCUT2D eigenvalue weighted by Gasteiger charge is 2.07. The summed E-state index contributed by atoms with van der Waals surface area (Å²) in [5.74, 6) is 1.30. The van der Waals surface area contributed by atoms with Crippen LogP contribution < -0.4 is 15.6 Å². The van der Waals surface area contributed by atoms with Gasteiger partial charge in [-0.25, -0.2) is 4.68 Å². The Hall–Kier alpha value is -3.35. The minimum atomic E-state index is -0.185. The summed E-state index contributed by atoms with van der Waals surface area (Å²) in [5, 5.41) is 7.16. The molecule has 3 rings (SSSR count). The van der Waals surface area contributed by atoms with E-state index in [2.05, 4.69) is 10.4 Å². The SMILES string of the molecule is COc1ccc(CC(=O)NCCCn2nc(-c3ccco3)ccc2=O)cc1. The molecule has 2 aromatic heterocycles. The first-order valence-electron chi connectivity index (χ1n) is 8.67. The average molecular weight is 367 g/mol. The van der Waals surface area contributed by atoms with Crippen LogP contribution in [0.25, 0.3) is 11.5 Å². The lowest BCUT2D eigenvalue weighted by atomic mass is 10.1. The van der Waals surface area contributed by atoms with Gasteiger partial charge < -0.3 is 14.5 Å². The minimum absolute atomic E-state index is 0.0650. The van der Waals surface area contributed by atoms with Gasteiger partial charge in [-0.1, -0.05) is 12.1 Å². The fourth-order valence-electron chi connectivity index (χ4n) is 2.61. The lowest BCUT2D eigenvalue weighted by Crippen LogP contribution is -2.29. The van der Waals surface area contributed by atoms with Crippen molar-refractivity contribution in [3.63, 3.8) is 0 Å². The fourth-order valence-corrected chi connectivity index (χ4v) is 2.61. The summed E-state index contributed by atoms with van der Waals surface area (Å²) in [6.07, 6.45) is 2.46. The maximum Gasteiger partial charge on any atom is 0.266 e. The number of nitrogens with one attached hydrogen (secondary N) is 1. The standard InChI is InChI=1S/C20H21N3O4/c1-26-16-7-5-15(6-8-16)14-19(24)21-11-3-12-23-20(25)10-9-17(22-23)18-4-2-13-27-18/h2,4-10,13H,3,11-12,14H2,1H3,(H,21,24). The third kappa shape index (κ3) is 5.07. The van der Waals surface area contributed by atoms with Gasteiger partial charge in [-0.2, -0.15) is 5.10 Å². The van der Waals surface area contributed by atoms with Gasteiger partial charge in [-0.15, -0.1) is 0 Å². The van der Waals surface area contributed by atoms with Crippen molar-refractivity contribution in [2.24, 2.45) is 0 Å². The largest absolute Gasteiger partial charge is 0.497 e. The van der Waals surface area contributed by atoms with Gasteiger partial charge in [0, 0.05) is 19.2 Å². The van der Waals surface area contributed by atoms with Crippen LogP contribution in [0.2, 0.25) is 0 Å². The molecule has 3 aromatic rings. The van der Waals surface area contributed by atoms with Crippen LogP contribution in [0.15, 0.2) is 64.0 Å². The summed E-state index contributed by atoms with van der Waals surface area (Å²) in [7, 11) is 1.60. The smallest absolute Gasteiger partial charge is 0.266 e. The summed E-state index contributed by atoms with van der Waals surface area (Å²) >= 11 is 0. The molecule has 0 aliphatic heterocycles. The maximum atomic E-state index is 12.0. The van der Waals surface area contributed by atoms with E-state index in [1.807, 2.05) is 24.3 Å². The lowest BCUT2D eigenvalue weighted by Gasteiger charge is -2.08. The summed E-state index contributed by atoms with van der Waals surface area (Å²) in [4.78, 5) is 24.0. The Labute approximate surface area is 156 Å². The van der Waals surface area contributed by atoms with E-state index in [0.717, 1.165) is 11.3 Å². The van der Waals surface area contributed by atoms with Crippen LogP contribution in [0, 0.1) is 0 Å². The second-order valence-electron chi connectivity index (χ2n) is 5.99. The molecular formula is C20H21N3O4. The molecular weight excluding hydrogens is 346 g/mol. The zero-order valence-electron chi connectivity index (χ0n) is 15.1.